The van der Waals surface area contributed by atoms with Crippen molar-refractivity contribution in [3.63, 3.8) is 0 Å². The Morgan fingerprint density at radius 1 is 1.21 bits per heavy atom. The van der Waals surface area contributed by atoms with Gasteiger partial charge in [0.25, 0.3) is 5.91 Å². The van der Waals surface area contributed by atoms with E-state index in [4.69, 9.17) is 16.7 Å². The average molecular weight is 412 g/mol. The molecule has 8 heteroatoms. The number of hydrogen-bond acceptors (Lipinski definition) is 4. The topological polar surface area (TPSA) is 102 Å². The Bertz CT molecular complexity index is 1120. The van der Waals surface area contributed by atoms with Crippen molar-refractivity contribution in [3.05, 3.63) is 64.8 Å². The number of nitrogens with one attached hydrogen (secondary N) is 2. The summed E-state index contributed by atoms with van der Waals surface area (Å²) < 4.78 is 0. The molecule has 29 heavy (non-hydrogen) atoms. The molecule has 1 aromatic heterocycles. The van der Waals surface area contributed by atoms with Crippen LogP contribution in [0.1, 0.15) is 16.1 Å². The van der Waals surface area contributed by atoms with Crippen LogP contribution in [0.2, 0.25) is 5.02 Å². The van der Waals surface area contributed by atoms with E-state index in [0.29, 0.717) is 22.8 Å². The van der Waals surface area contributed by atoms with Crippen LogP contribution >= 0.6 is 11.6 Å². The zero-order valence-electron chi connectivity index (χ0n) is 15.3. The van der Waals surface area contributed by atoms with Crippen molar-refractivity contribution in [1.82, 2.24) is 10.3 Å². The molecule has 148 valence electrons. The Balaban J connectivity index is 1.59. The zero-order chi connectivity index (χ0) is 20.5. The quantitative estimate of drug-likeness (QED) is 0.598. The average Bonchev–Trinajstić information content (AvgIpc) is 3.14. The Labute approximate surface area is 171 Å². The molecule has 0 saturated carbocycles. The van der Waals surface area contributed by atoms with Crippen LogP contribution in [0, 0.1) is 0 Å². The van der Waals surface area contributed by atoms with Gasteiger partial charge in [-0.3, -0.25) is 14.4 Å². The minimum atomic E-state index is -0.820. The smallest absolute Gasteiger partial charge is 0.268 e. The number of aliphatic hydroxyl groups is 1. The van der Waals surface area contributed by atoms with Crippen LogP contribution in [0.4, 0.5) is 5.69 Å². The van der Waals surface area contributed by atoms with E-state index < -0.39 is 30.2 Å². The fourth-order valence-electron chi connectivity index (χ4n) is 3.52. The first-order chi connectivity index (χ1) is 14.0. The van der Waals surface area contributed by atoms with Gasteiger partial charge >= 0.3 is 0 Å². The first-order valence-corrected chi connectivity index (χ1v) is 9.45. The molecule has 3 N–H and O–H groups in total. The van der Waals surface area contributed by atoms with Crippen LogP contribution in [0.3, 0.4) is 0 Å². The van der Waals surface area contributed by atoms with Gasteiger partial charge in [0.15, 0.2) is 5.78 Å². The number of aliphatic hydroxyl groups excluding tert-OH is 1. The molecule has 1 aliphatic heterocycles. The number of carbonyl (C=O) groups is 3. The number of para-hydroxylation sites is 1. The molecule has 2 amide bonds. The Kier molecular flexibility index (Phi) is 5.08. The molecule has 7 nitrogen and oxygen atoms in total. The fourth-order valence-corrected chi connectivity index (χ4v) is 3.71. The standard InChI is InChI=1S/C21H18ClN3O4/c22-14-5-6-16-13(7-14)9-17(23-16)20(28)24-18-8-12-3-1-2-4-19(12)25(21(18)29)10-15(27)11-26/h1-7,9,18,23,26H,8,10-11H2,(H,24,28). The third kappa shape index (κ3) is 3.74. The molecule has 0 aliphatic carbocycles. The van der Waals surface area contributed by atoms with Crippen LogP contribution in [-0.4, -0.2) is 46.9 Å². The number of nitrogens with zero attached hydrogens (tertiary/aromatic N) is 1. The number of Topliss-reactive ketones (excluding diaryl/α,β-unsaturated/α-hetero) is 1. The molecule has 0 spiro atoms. The summed E-state index contributed by atoms with van der Waals surface area (Å²) in [5.41, 5.74) is 2.53. The van der Waals surface area contributed by atoms with Gasteiger partial charge in [-0.15, -0.1) is 0 Å². The molecular formula is C21H18ClN3O4. The molecular weight excluding hydrogens is 394 g/mol. The number of carbonyl (C=O) groups excluding carboxylic acids is 3. The van der Waals surface area contributed by atoms with Gasteiger partial charge in [-0.2, -0.15) is 0 Å². The molecule has 0 fully saturated rings. The number of H-pyrrole nitrogens is 1. The lowest BCUT2D eigenvalue weighted by molar-refractivity contribution is -0.125. The number of rotatable bonds is 5. The summed E-state index contributed by atoms with van der Waals surface area (Å²) >= 11 is 5.99. The van der Waals surface area contributed by atoms with E-state index in [1.165, 1.54) is 4.90 Å². The minimum absolute atomic E-state index is 0.246. The molecule has 1 atom stereocenters. The number of ketones is 1. The van der Waals surface area contributed by atoms with Gasteiger partial charge in [0.2, 0.25) is 5.91 Å². The number of aromatic amines is 1. The number of hydrogen-bond donors (Lipinski definition) is 3. The summed E-state index contributed by atoms with van der Waals surface area (Å²) in [6, 6.07) is 13.3. The lowest BCUT2D eigenvalue weighted by Gasteiger charge is -2.34. The molecule has 1 unspecified atom stereocenters. The van der Waals surface area contributed by atoms with Crippen LogP contribution in [0.15, 0.2) is 48.5 Å². The zero-order valence-corrected chi connectivity index (χ0v) is 16.1. The maximum atomic E-state index is 13.0. The second kappa shape index (κ2) is 7.69. The highest BCUT2D eigenvalue weighted by Gasteiger charge is 2.34. The summed E-state index contributed by atoms with van der Waals surface area (Å²) in [6.45, 7) is -0.899. The van der Waals surface area contributed by atoms with E-state index in [-0.39, 0.29) is 6.54 Å². The van der Waals surface area contributed by atoms with Crippen molar-refractivity contribution in [3.8, 4) is 0 Å². The predicted molar refractivity (Wildman–Crippen MR) is 109 cm³/mol. The van der Waals surface area contributed by atoms with Gasteiger partial charge < -0.3 is 20.3 Å². The third-order valence-electron chi connectivity index (χ3n) is 4.91. The summed E-state index contributed by atoms with van der Waals surface area (Å²) in [7, 11) is 0. The number of anilines is 1. The number of benzene rings is 2. The molecule has 0 saturated heterocycles. The van der Waals surface area contributed by atoms with Gasteiger partial charge in [0, 0.05) is 28.0 Å². The normalized spacial score (nSPS) is 16.0. The lowest BCUT2D eigenvalue weighted by Crippen LogP contribution is -2.54. The summed E-state index contributed by atoms with van der Waals surface area (Å²) in [5, 5.41) is 13.2. The molecule has 2 heterocycles. The largest absolute Gasteiger partial charge is 0.389 e. The van der Waals surface area contributed by atoms with Gasteiger partial charge in [-0.1, -0.05) is 29.8 Å². The summed E-state index contributed by atoms with van der Waals surface area (Å²) in [5.74, 6) is -1.30. The first-order valence-electron chi connectivity index (χ1n) is 9.07. The van der Waals surface area contributed by atoms with E-state index in [2.05, 4.69) is 10.3 Å². The van der Waals surface area contributed by atoms with Crippen LogP contribution in [-0.2, 0) is 16.0 Å². The van der Waals surface area contributed by atoms with Gasteiger partial charge in [0.05, 0.1) is 6.54 Å². The van der Waals surface area contributed by atoms with E-state index in [1.807, 2.05) is 12.1 Å². The molecule has 0 bridgehead atoms. The number of amides is 2. The van der Waals surface area contributed by atoms with E-state index in [9.17, 15) is 14.4 Å². The molecule has 0 radical (unpaired) electrons. The van der Waals surface area contributed by atoms with Crippen molar-refractivity contribution in [2.45, 2.75) is 12.5 Å². The van der Waals surface area contributed by atoms with Crippen molar-refractivity contribution >= 4 is 45.8 Å². The van der Waals surface area contributed by atoms with Gasteiger partial charge in [-0.25, -0.2) is 0 Å². The minimum Gasteiger partial charge on any atom is -0.389 e. The monoisotopic (exact) mass is 411 g/mol. The van der Waals surface area contributed by atoms with Gasteiger partial charge in [-0.05, 0) is 35.9 Å². The maximum absolute atomic E-state index is 13.0. The second-order valence-corrected chi connectivity index (χ2v) is 7.33. The Hall–Kier alpha value is -3.16. The van der Waals surface area contributed by atoms with Crippen molar-refractivity contribution in [2.24, 2.45) is 0 Å². The van der Waals surface area contributed by atoms with E-state index in [0.717, 1.165) is 16.5 Å². The number of halogens is 1. The molecule has 3 aromatic rings. The number of aromatic nitrogens is 1. The van der Waals surface area contributed by atoms with Crippen molar-refractivity contribution in [1.29, 1.82) is 0 Å². The van der Waals surface area contributed by atoms with Crippen LogP contribution < -0.4 is 10.2 Å². The third-order valence-corrected chi connectivity index (χ3v) is 5.15. The van der Waals surface area contributed by atoms with Crippen molar-refractivity contribution in [2.75, 3.05) is 18.1 Å². The lowest BCUT2D eigenvalue weighted by atomic mass is 9.96. The van der Waals surface area contributed by atoms with E-state index >= 15 is 0 Å². The van der Waals surface area contributed by atoms with Crippen molar-refractivity contribution < 1.29 is 19.5 Å². The molecule has 2 aromatic carbocycles. The van der Waals surface area contributed by atoms with E-state index in [1.54, 1.807) is 36.4 Å². The predicted octanol–water partition coefficient (Wildman–Crippen LogP) is 2.07. The molecule has 1 aliphatic rings. The Morgan fingerprint density at radius 3 is 2.79 bits per heavy atom. The molecule has 4 rings (SSSR count). The Morgan fingerprint density at radius 2 is 2.00 bits per heavy atom. The first kappa shape index (κ1) is 19.2. The highest BCUT2D eigenvalue weighted by atomic mass is 35.5. The highest BCUT2D eigenvalue weighted by Crippen LogP contribution is 2.28. The number of fused-ring (bicyclic) bond motifs is 2. The van der Waals surface area contributed by atoms with Crippen LogP contribution in [0.5, 0.6) is 0 Å². The fraction of sp³-hybridized carbons (Fsp3) is 0.190. The van der Waals surface area contributed by atoms with Gasteiger partial charge in [0.1, 0.15) is 18.3 Å². The second-order valence-electron chi connectivity index (χ2n) is 6.89. The maximum Gasteiger partial charge on any atom is 0.268 e. The van der Waals surface area contributed by atoms with Crippen LogP contribution in [0.25, 0.3) is 10.9 Å². The SMILES string of the molecule is O=C(CO)CN1C(=O)C(NC(=O)c2cc3cc(Cl)ccc3[nH]2)Cc2ccccc21. The highest BCUT2D eigenvalue weighted by molar-refractivity contribution is 6.31. The summed E-state index contributed by atoms with van der Waals surface area (Å²) in [4.78, 5) is 41.8. The summed E-state index contributed by atoms with van der Waals surface area (Å²) in [6.07, 6.45) is 0.316.